The van der Waals surface area contributed by atoms with Crippen LogP contribution in [0.3, 0.4) is 0 Å². The molecule has 1 aromatic carbocycles. The zero-order chi connectivity index (χ0) is 25.9. The zero-order valence-corrected chi connectivity index (χ0v) is 20.8. The van der Waals surface area contributed by atoms with Crippen molar-refractivity contribution in [2.75, 3.05) is 43.7 Å². The molecule has 1 unspecified atom stereocenters. The Labute approximate surface area is 206 Å². The molecule has 0 spiro atoms. The Morgan fingerprint density at radius 1 is 1.40 bits per heavy atom. The number of likely N-dealkylation sites (N-methyl/N-ethyl adjacent to an activating group) is 1. The summed E-state index contributed by atoms with van der Waals surface area (Å²) in [6.07, 6.45) is -1.87. The Kier molecular flexibility index (Phi) is 8.18. The molecule has 0 aliphatic carbocycles. The van der Waals surface area contributed by atoms with E-state index < -0.39 is 29.2 Å². The van der Waals surface area contributed by atoms with Gasteiger partial charge >= 0.3 is 12.1 Å². The maximum Gasteiger partial charge on any atom is 0.417 e. The van der Waals surface area contributed by atoms with Crippen molar-refractivity contribution in [3.63, 3.8) is 0 Å². The molecule has 0 saturated carbocycles. The fraction of sp³-hybridized carbons (Fsp3) is 0.458. The number of nitrogens with zero attached hydrogens (tertiary/aromatic N) is 4. The highest BCUT2D eigenvalue weighted by molar-refractivity contribution is 7.98. The Morgan fingerprint density at radius 2 is 2.11 bits per heavy atom. The second kappa shape index (κ2) is 10.7. The van der Waals surface area contributed by atoms with Crippen LogP contribution < -0.4 is 10.2 Å². The number of halogens is 3. The number of carboxylic acid groups (broad SMARTS) is 1. The number of thioether (sulfide) groups is 1. The largest absolute Gasteiger partial charge is 0.481 e. The van der Waals surface area contributed by atoms with Gasteiger partial charge in [0.2, 0.25) is 0 Å². The van der Waals surface area contributed by atoms with E-state index in [0.29, 0.717) is 24.3 Å². The number of aromatic nitrogens is 1. The fourth-order valence-electron chi connectivity index (χ4n) is 4.04. The summed E-state index contributed by atoms with van der Waals surface area (Å²) in [5.74, 6) is -1.59. The van der Waals surface area contributed by atoms with E-state index in [1.165, 1.54) is 11.8 Å². The lowest BCUT2D eigenvalue weighted by Crippen LogP contribution is -2.32. The van der Waals surface area contributed by atoms with E-state index in [4.69, 9.17) is 0 Å². The molecule has 0 bridgehead atoms. The number of hydrogen-bond donors (Lipinski definition) is 2. The average Bonchev–Trinajstić information content (AvgIpc) is 3.29. The molecule has 1 aromatic heterocycles. The monoisotopic (exact) mass is 507 g/mol. The van der Waals surface area contributed by atoms with E-state index in [9.17, 15) is 28.3 Å². The number of nitrogens with one attached hydrogen (secondary N) is 1. The first-order chi connectivity index (χ1) is 16.4. The summed E-state index contributed by atoms with van der Waals surface area (Å²) in [5, 5.41) is 21.8. The molecule has 11 heteroatoms. The second-order valence-corrected chi connectivity index (χ2v) is 9.66. The molecule has 0 radical (unpaired) electrons. The van der Waals surface area contributed by atoms with E-state index in [2.05, 4.69) is 10.3 Å². The van der Waals surface area contributed by atoms with Crippen LogP contribution >= 0.6 is 11.8 Å². The smallest absolute Gasteiger partial charge is 0.417 e. The van der Waals surface area contributed by atoms with Gasteiger partial charge in [-0.1, -0.05) is 13.0 Å². The van der Waals surface area contributed by atoms with Crippen LogP contribution in [0.5, 0.6) is 0 Å². The number of carbonyl (C=O) groups is 1. The van der Waals surface area contributed by atoms with E-state index in [1.54, 1.807) is 36.1 Å². The normalized spacial score (nSPS) is 16.9. The van der Waals surface area contributed by atoms with Crippen molar-refractivity contribution in [1.29, 1.82) is 5.26 Å². The number of rotatable bonds is 8. The highest BCUT2D eigenvalue weighted by atomic mass is 32.2. The van der Waals surface area contributed by atoms with Gasteiger partial charge in [0, 0.05) is 24.0 Å². The third kappa shape index (κ3) is 6.18. The maximum atomic E-state index is 14.0. The van der Waals surface area contributed by atoms with Gasteiger partial charge in [-0.15, -0.1) is 11.8 Å². The minimum atomic E-state index is -4.74. The molecular weight excluding hydrogens is 479 g/mol. The van der Waals surface area contributed by atoms with E-state index in [0.717, 1.165) is 17.4 Å². The first kappa shape index (κ1) is 26.6. The van der Waals surface area contributed by atoms with Crippen molar-refractivity contribution >= 4 is 35.1 Å². The van der Waals surface area contributed by atoms with Crippen molar-refractivity contribution in [2.24, 2.45) is 5.92 Å². The first-order valence-corrected chi connectivity index (χ1v) is 12.3. The van der Waals surface area contributed by atoms with Crippen LogP contribution in [0.25, 0.3) is 0 Å². The topological polar surface area (TPSA) is 92.5 Å². The number of aliphatic carboxylic acids is 1. The number of benzene rings is 1. The molecule has 7 nitrogen and oxygen atoms in total. The second-order valence-electron chi connectivity index (χ2n) is 8.82. The molecule has 2 aromatic rings. The summed E-state index contributed by atoms with van der Waals surface area (Å²) < 4.78 is 41.9. The van der Waals surface area contributed by atoms with Crippen molar-refractivity contribution < 1.29 is 23.1 Å². The Balaban J connectivity index is 2.07. The molecule has 1 aliphatic heterocycles. The number of alkyl halides is 3. The number of hydrogen-bond acceptors (Lipinski definition) is 7. The first-order valence-electron chi connectivity index (χ1n) is 11.0. The Morgan fingerprint density at radius 3 is 2.66 bits per heavy atom. The number of pyridine rings is 1. The fourth-order valence-corrected chi connectivity index (χ4v) is 4.57. The van der Waals surface area contributed by atoms with Gasteiger partial charge in [0.1, 0.15) is 17.5 Å². The van der Waals surface area contributed by atoms with Crippen molar-refractivity contribution in [3.05, 3.63) is 41.0 Å². The summed E-state index contributed by atoms with van der Waals surface area (Å²) in [6.45, 7) is 2.67. The molecule has 1 saturated heterocycles. The van der Waals surface area contributed by atoms with Gasteiger partial charge in [-0.25, -0.2) is 4.98 Å². The molecule has 35 heavy (non-hydrogen) atoms. The lowest BCUT2D eigenvalue weighted by atomic mass is 10.0. The van der Waals surface area contributed by atoms with Crippen LogP contribution in [0.15, 0.2) is 29.2 Å². The van der Waals surface area contributed by atoms with Gasteiger partial charge < -0.3 is 20.2 Å². The SMILES string of the molecule is CSc1ccc(CC(C)C(=O)O)cc1Nc1nc(N2CC[C@H](N(C)C)C2)cc(C(F)(F)F)c1C#N. The highest BCUT2D eigenvalue weighted by Gasteiger charge is 2.37. The predicted octanol–water partition coefficient (Wildman–Crippen LogP) is 4.84. The van der Waals surface area contributed by atoms with E-state index in [-0.39, 0.29) is 24.1 Å². The molecule has 2 N–H and O–H groups in total. The summed E-state index contributed by atoms with van der Waals surface area (Å²) in [5.41, 5.74) is -0.447. The summed E-state index contributed by atoms with van der Waals surface area (Å²) in [7, 11) is 3.85. The molecule has 1 fully saturated rings. The molecule has 0 amide bonds. The van der Waals surface area contributed by atoms with E-state index in [1.807, 2.05) is 25.3 Å². The van der Waals surface area contributed by atoms with Crippen LogP contribution in [-0.2, 0) is 17.4 Å². The van der Waals surface area contributed by atoms with Crippen molar-refractivity contribution in [2.45, 2.75) is 36.9 Å². The highest BCUT2D eigenvalue weighted by Crippen LogP contribution is 2.39. The number of nitriles is 1. The molecule has 2 atom stereocenters. The minimum Gasteiger partial charge on any atom is -0.481 e. The maximum absolute atomic E-state index is 14.0. The van der Waals surface area contributed by atoms with Gasteiger partial charge in [0.15, 0.2) is 5.82 Å². The predicted molar refractivity (Wildman–Crippen MR) is 130 cm³/mol. The van der Waals surface area contributed by atoms with Crippen LogP contribution in [0.4, 0.5) is 30.5 Å². The van der Waals surface area contributed by atoms with Crippen LogP contribution in [0.1, 0.15) is 30.0 Å². The molecule has 188 valence electrons. The van der Waals surface area contributed by atoms with Crippen molar-refractivity contribution in [3.8, 4) is 6.07 Å². The zero-order valence-electron chi connectivity index (χ0n) is 20.0. The summed E-state index contributed by atoms with van der Waals surface area (Å²) >= 11 is 1.38. The summed E-state index contributed by atoms with van der Waals surface area (Å²) in [4.78, 5) is 20.3. The quantitative estimate of drug-likeness (QED) is 0.491. The van der Waals surface area contributed by atoms with Gasteiger partial charge in [-0.3, -0.25) is 4.79 Å². The Bertz CT molecular complexity index is 1130. The molecule has 1 aliphatic rings. The van der Waals surface area contributed by atoms with Crippen molar-refractivity contribution in [1.82, 2.24) is 9.88 Å². The van der Waals surface area contributed by atoms with Crippen LogP contribution in [-0.4, -0.2) is 60.4 Å². The number of carboxylic acids is 1. The van der Waals surface area contributed by atoms with E-state index >= 15 is 0 Å². The van der Waals surface area contributed by atoms with Gasteiger partial charge in [0.05, 0.1) is 17.2 Å². The van der Waals surface area contributed by atoms with Gasteiger partial charge in [-0.05, 0) is 57.0 Å². The third-order valence-electron chi connectivity index (χ3n) is 6.12. The average molecular weight is 508 g/mol. The minimum absolute atomic E-state index is 0.157. The lowest BCUT2D eigenvalue weighted by Gasteiger charge is -2.23. The summed E-state index contributed by atoms with van der Waals surface area (Å²) in [6, 6.07) is 8.08. The van der Waals surface area contributed by atoms with Gasteiger partial charge in [0.25, 0.3) is 0 Å². The molecule has 3 rings (SSSR count). The molecular formula is C24H28F3N5O2S. The van der Waals surface area contributed by atoms with Crippen LogP contribution in [0.2, 0.25) is 0 Å². The Hall–Kier alpha value is -2.97. The lowest BCUT2D eigenvalue weighted by molar-refractivity contribution is -0.141. The van der Waals surface area contributed by atoms with Crippen LogP contribution in [0, 0.1) is 17.2 Å². The standard InChI is InChI=1S/C24H28F3N5O2S/c1-14(23(33)34)9-15-5-6-20(35-4)19(10-15)29-22-17(12-28)18(24(25,26)27)11-21(30-22)32-8-7-16(13-32)31(2)3/h5-6,10-11,14,16H,7-9,13H2,1-4H3,(H,29,30)(H,33,34)/t14?,16-/m0/s1. The van der Waals surface area contributed by atoms with Gasteiger partial charge in [-0.2, -0.15) is 18.4 Å². The molecule has 2 heterocycles. The number of anilines is 3. The third-order valence-corrected chi connectivity index (χ3v) is 6.92.